The van der Waals surface area contributed by atoms with E-state index in [1.54, 1.807) is 0 Å². The molecule has 1 aliphatic rings. The van der Waals surface area contributed by atoms with Crippen molar-refractivity contribution >= 4 is 31.8 Å². The van der Waals surface area contributed by atoms with Crippen LogP contribution in [0.2, 0.25) is 5.02 Å². The third-order valence-corrected chi connectivity index (χ3v) is 6.78. The summed E-state index contributed by atoms with van der Waals surface area (Å²) in [7, 11) is -7.72. The average Bonchev–Trinajstić information content (AvgIpc) is 2.48. The number of nitrogens with zero attached hydrogens (tertiary/aromatic N) is 1. The molecule has 1 fully saturated rings. The predicted octanol–water partition coefficient (Wildman–Crippen LogP) is 0.981. The Hall–Kier alpha value is -0.780. The van der Waals surface area contributed by atoms with Gasteiger partial charge in [-0.15, -0.1) is 0 Å². The highest BCUT2D eigenvalue weighted by molar-refractivity contribution is 7.89. The molecule has 1 aromatic carbocycles. The second-order valence-electron chi connectivity index (χ2n) is 5.80. The van der Waals surface area contributed by atoms with Gasteiger partial charge in [-0.25, -0.2) is 22.7 Å². The van der Waals surface area contributed by atoms with Gasteiger partial charge in [0.1, 0.15) is 10.7 Å². The van der Waals surface area contributed by atoms with Gasteiger partial charge in [0.2, 0.25) is 10.0 Å². The lowest BCUT2D eigenvalue weighted by Gasteiger charge is -2.32. The summed E-state index contributed by atoms with van der Waals surface area (Å²) in [6.07, 6.45) is 1.25. The second-order valence-corrected chi connectivity index (χ2v) is 9.49. The lowest BCUT2D eigenvalue weighted by molar-refractivity contribution is 0.267. The number of halogens is 2. The first-order valence-electron chi connectivity index (χ1n) is 7.24. The zero-order valence-electron chi connectivity index (χ0n) is 13.0. The molecular formula is C13H19ClFN3O4S2. The molecule has 7 nitrogen and oxygen atoms in total. The van der Waals surface area contributed by atoms with Crippen LogP contribution in [0.5, 0.6) is 0 Å². The summed E-state index contributed by atoms with van der Waals surface area (Å²) >= 11 is 5.91. The molecular weight excluding hydrogens is 381 g/mol. The van der Waals surface area contributed by atoms with Crippen molar-refractivity contribution in [2.75, 3.05) is 19.6 Å². The van der Waals surface area contributed by atoms with Gasteiger partial charge in [-0.05, 0) is 43.4 Å². The van der Waals surface area contributed by atoms with Crippen molar-refractivity contribution in [1.29, 1.82) is 0 Å². The molecule has 1 saturated heterocycles. The summed E-state index contributed by atoms with van der Waals surface area (Å²) in [5.74, 6) is -0.778. The van der Waals surface area contributed by atoms with Crippen molar-refractivity contribution in [3.63, 3.8) is 0 Å². The standard InChI is InChI=1S/C13H19ClFN3O4S2/c1-9-5-13(11(14)6-12(9)15)23(19,20)18-4-2-3-10(8-18)7-17-24(16,21)22/h5-6,10,17H,2-4,7-8H2,1H3,(H2,16,21,22)/t10-/m1/s1. The number of hydrogen-bond acceptors (Lipinski definition) is 4. The Bertz CT molecular complexity index is 830. The van der Waals surface area contributed by atoms with Gasteiger partial charge in [0.25, 0.3) is 10.2 Å². The van der Waals surface area contributed by atoms with E-state index in [0.717, 1.165) is 6.07 Å². The third kappa shape index (κ3) is 4.64. The largest absolute Gasteiger partial charge is 0.274 e. The molecule has 2 rings (SSSR count). The molecule has 0 aromatic heterocycles. The minimum absolute atomic E-state index is 0.0566. The summed E-state index contributed by atoms with van der Waals surface area (Å²) in [4.78, 5) is -0.150. The van der Waals surface area contributed by atoms with Crippen LogP contribution in [0.3, 0.4) is 0 Å². The summed E-state index contributed by atoms with van der Waals surface area (Å²) in [5, 5.41) is 4.71. The molecule has 3 N–H and O–H groups in total. The van der Waals surface area contributed by atoms with E-state index in [4.69, 9.17) is 16.7 Å². The molecule has 1 atom stereocenters. The molecule has 0 saturated carbocycles. The number of aryl methyl sites for hydroxylation is 1. The highest BCUT2D eigenvalue weighted by atomic mass is 35.5. The normalized spacial score (nSPS) is 20.2. The predicted molar refractivity (Wildman–Crippen MR) is 88.7 cm³/mol. The van der Waals surface area contributed by atoms with E-state index >= 15 is 0 Å². The fourth-order valence-corrected chi connectivity index (χ4v) is 5.21. The summed E-state index contributed by atoms with van der Waals surface area (Å²) < 4.78 is 64.4. The Morgan fingerprint density at radius 1 is 1.38 bits per heavy atom. The first kappa shape index (κ1) is 19.5. The van der Waals surface area contributed by atoms with E-state index in [1.807, 2.05) is 0 Å². The maximum Gasteiger partial charge on any atom is 0.274 e. The Kier molecular flexibility index (Phi) is 5.88. The molecule has 0 radical (unpaired) electrons. The highest BCUT2D eigenvalue weighted by Gasteiger charge is 2.32. The number of nitrogens with one attached hydrogen (secondary N) is 1. The minimum Gasteiger partial charge on any atom is -0.216 e. The van der Waals surface area contributed by atoms with E-state index in [0.29, 0.717) is 19.4 Å². The molecule has 1 aromatic rings. The van der Waals surface area contributed by atoms with Gasteiger partial charge >= 0.3 is 0 Å². The lowest BCUT2D eigenvalue weighted by Crippen LogP contribution is -2.44. The maximum atomic E-state index is 13.5. The fraction of sp³-hybridized carbons (Fsp3) is 0.538. The van der Waals surface area contributed by atoms with Gasteiger partial charge in [0.05, 0.1) is 5.02 Å². The summed E-state index contributed by atoms with van der Waals surface area (Å²) in [6.45, 7) is 1.94. The van der Waals surface area contributed by atoms with Crippen molar-refractivity contribution in [3.05, 3.63) is 28.5 Å². The van der Waals surface area contributed by atoms with Gasteiger partial charge in [-0.2, -0.15) is 12.7 Å². The summed E-state index contributed by atoms with van der Waals surface area (Å²) in [5.41, 5.74) is 0.183. The topological polar surface area (TPSA) is 110 Å². The van der Waals surface area contributed by atoms with Gasteiger partial charge < -0.3 is 0 Å². The minimum atomic E-state index is -3.89. The average molecular weight is 400 g/mol. The molecule has 11 heteroatoms. The number of benzene rings is 1. The lowest BCUT2D eigenvalue weighted by atomic mass is 10.0. The Morgan fingerprint density at radius 3 is 2.67 bits per heavy atom. The number of nitrogens with two attached hydrogens (primary N) is 1. The number of hydrogen-bond donors (Lipinski definition) is 2. The monoisotopic (exact) mass is 399 g/mol. The fourth-order valence-electron chi connectivity index (χ4n) is 2.61. The molecule has 0 aliphatic carbocycles. The molecule has 0 bridgehead atoms. The van der Waals surface area contributed by atoms with Crippen LogP contribution in [0.15, 0.2) is 17.0 Å². The van der Waals surface area contributed by atoms with Gasteiger partial charge in [0.15, 0.2) is 0 Å². The van der Waals surface area contributed by atoms with Crippen LogP contribution >= 0.6 is 11.6 Å². The third-order valence-electron chi connectivity index (χ3n) is 3.89. The number of rotatable bonds is 5. The van der Waals surface area contributed by atoms with Crippen molar-refractivity contribution < 1.29 is 21.2 Å². The van der Waals surface area contributed by atoms with Crippen LogP contribution in [0.1, 0.15) is 18.4 Å². The highest BCUT2D eigenvalue weighted by Crippen LogP contribution is 2.30. The first-order valence-corrected chi connectivity index (χ1v) is 10.6. The Morgan fingerprint density at radius 2 is 2.04 bits per heavy atom. The van der Waals surface area contributed by atoms with Crippen LogP contribution in [0, 0.1) is 18.7 Å². The van der Waals surface area contributed by atoms with E-state index in [1.165, 1.54) is 17.3 Å². The van der Waals surface area contributed by atoms with Crippen molar-refractivity contribution in [3.8, 4) is 0 Å². The van der Waals surface area contributed by atoms with Crippen LogP contribution in [-0.2, 0) is 20.2 Å². The number of sulfonamides is 1. The van der Waals surface area contributed by atoms with Gasteiger partial charge in [-0.3, -0.25) is 0 Å². The SMILES string of the molecule is Cc1cc(S(=O)(=O)N2CCC[C@H](CNS(N)(=O)=O)C2)c(Cl)cc1F. The molecule has 0 spiro atoms. The molecule has 24 heavy (non-hydrogen) atoms. The van der Waals surface area contributed by atoms with Gasteiger partial charge in [-0.1, -0.05) is 11.6 Å². The van der Waals surface area contributed by atoms with Gasteiger partial charge in [0, 0.05) is 19.6 Å². The molecule has 0 amide bonds. The Labute approximate surface area is 146 Å². The van der Waals surface area contributed by atoms with Crippen molar-refractivity contribution in [2.24, 2.45) is 11.1 Å². The molecule has 1 heterocycles. The summed E-state index contributed by atoms with van der Waals surface area (Å²) in [6, 6.07) is 2.19. The molecule has 136 valence electrons. The quantitative estimate of drug-likeness (QED) is 0.768. The van der Waals surface area contributed by atoms with E-state index in [-0.39, 0.29) is 34.5 Å². The first-order chi connectivity index (χ1) is 11.0. The van der Waals surface area contributed by atoms with Crippen LogP contribution in [0.4, 0.5) is 4.39 Å². The van der Waals surface area contributed by atoms with E-state index < -0.39 is 26.0 Å². The maximum absolute atomic E-state index is 13.5. The van der Waals surface area contributed by atoms with Crippen molar-refractivity contribution in [1.82, 2.24) is 9.03 Å². The van der Waals surface area contributed by atoms with Crippen LogP contribution in [0.25, 0.3) is 0 Å². The zero-order valence-corrected chi connectivity index (χ0v) is 15.4. The van der Waals surface area contributed by atoms with Crippen LogP contribution < -0.4 is 9.86 Å². The van der Waals surface area contributed by atoms with Crippen molar-refractivity contribution in [2.45, 2.75) is 24.7 Å². The number of piperidine rings is 1. The van der Waals surface area contributed by atoms with E-state index in [9.17, 15) is 21.2 Å². The van der Waals surface area contributed by atoms with Crippen LogP contribution in [-0.4, -0.2) is 40.8 Å². The molecule has 1 aliphatic heterocycles. The van der Waals surface area contributed by atoms with E-state index in [2.05, 4.69) is 4.72 Å². The Balaban J connectivity index is 2.21. The smallest absolute Gasteiger partial charge is 0.216 e. The second kappa shape index (κ2) is 7.22. The zero-order chi connectivity index (χ0) is 18.1. The molecule has 0 unspecified atom stereocenters.